The monoisotopic (exact) mass is 358 g/mol. The van der Waals surface area contributed by atoms with Crippen molar-refractivity contribution in [3.05, 3.63) is 101 Å². The first-order valence-corrected chi connectivity index (χ1v) is 9.30. The van der Waals surface area contributed by atoms with Crippen LogP contribution in [-0.2, 0) is 24.3 Å². The Labute approximate surface area is 161 Å². The minimum absolute atomic E-state index is 0.0370. The Balaban J connectivity index is 1.49. The second-order valence-corrected chi connectivity index (χ2v) is 6.85. The van der Waals surface area contributed by atoms with Crippen molar-refractivity contribution in [2.45, 2.75) is 33.4 Å². The lowest BCUT2D eigenvalue weighted by atomic mass is 10.0. The lowest BCUT2D eigenvalue weighted by molar-refractivity contribution is -0.120. The van der Waals surface area contributed by atoms with Crippen LogP contribution in [0.15, 0.2) is 72.8 Å². The third kappa shape index (κ3) is 5.45. The van der Waals surface area contributed by atoms with Crippen LogP contribution in [-0.4, -0.2) is 5.91 Å². The second kappa shape index (κ2) is 9.04. The van der Waals surface area contributed by atoms with Crippen molar-refractivity contribution in [2.75, 3.05) is 5.32 Å². The fraction of sp³-hybridized carbons (Fsp3) is 0.208. The first-order valence-electron chi connectivity index (χ1n) is 9.30. The smallest absolute Gasteiger partial charge is 0.224 e. The molecule has 138 valence electrons. The maximum Gasteiger partial charge on any atom is 0.224 e. The van der Waals surface area contributed by atoms with Gasteiger partial charge in [0.25, 0.3) is 0 Å². The van der Waals surface area contributed by atoms with E-state index >= 15 is 0 Å². The molecule has 0 radical (unpaired) electrons. The fourth-order valence-corrected chi connectivity index (χ4v) is 2.99. The summed E-state index contributed by atoms with van der Waals surface area (Å²) in [5, 5.41) is 6.42. The second-order valence-electron chi connectivity index (χ2n) is 6.85. The van der Waals surface area contributed by atoms with Gasteiger partial charge >= 0.3 is 0 Å². The number of benzene rings is 3. The highest BCUT2D eigenvalue weighted by Crippen LogP contribution is 2.16. The van der Waals surface area contributed by atoms with E-state index in [2.05, 4.69) is 42.7 Å². The number of hydrogen-bond donors (Lipinski definition) is 2. The highest BCUT2D eigenvalue weighted by Gasteiger charge is 2.04. The van der Waals surface area contributed by atoms with Gasteiger partial charge in [0, 0.05) is 18.8 Å². The molecule has 3 aromatic carbocycles. The average Bonchev–Trinajstić information content (AvgIpc) is 2.69. The number of carbonyl (C=O) groups is 1. The van der Waals surface area contributed by atoms with E-state index in [1.807, 2.05) is 54.6 Å². The summed E-state index contributed by atoms with van der Waals surface area (Å²) in [6.07, 6.45) is 0.393. The van der Waals surface area contributed by atoms with Crippen molar-refractivity contribution in [1.29, 1.82) is 0 Å². The van der Waals surface area contributed by atoms with Crippen molar-refractivity contribution in [3.63, 3.8) is 0 Å². The SMILES string of the molecule is Cc1cccc(CNc2ccc(CC(=O)NCc3ccccc3)cc2)c1C. The zero-order valence-corrected chi connectivity index (χ0v) is 16.0. The van der Waals surface area contributed by atoms with Crippen LogP contribution in [0, 0.1) is 13.8 Å². The normalized spacial score (nSPS) is 10.4. The van der Waals surface area contributed by atoms with Gasteiger partial charge in [-0.25, -0.2) is 0 Å². The number of hydrogen-bond acceptors (Lipinski definition) is 2. The summed E-state index contributed by atoms with van der Waals surface area (Å²) in [5.41, 5.74) is 7.13. The van der Waals surface area contributed by atoms with Crippen molar-refractivity contribution >= 4 is 11.6 Å². The number of aryl methyl sites for hydroxylation is 1. The zero-order chi connectivity index (χ0) is 19.1. The molecule has 3 heteroatoms. The predicted octanol–water partition coefficient (Wildman–Crippen LogP) is 4.77. The molecule has 3 nitrogen and oxygen atoms in total. The molecule has 0 atom stereocenters. The van der Waals surface area contributed by atoms with E-state index in [1.165, 1.54) is 16.7 Å². The van der Waals surface area contributed by atoms with Crippen LogP contribution >= 0.6 is 0 Å². The van der Waals surface area contributed by atoms with Crippen molar-refractivity contribution < 1.29 is 4.79 Å². The van der Waals surface area contributed by atoms with Gasteiger partial charge in [-0.15, -0.1) is 0 Å². The van der Waals surface area contributed by atoms with Crippen LogP contribution in [0.4, 0.5) is 5.69 Å². The lowest BCUT2D eigenvalue weighted by Crippen LogP contribution is -2.24. The molecule has 0 aromatic heterocycles. The van der Waals surface area contributed by atoms with E-state index in [4.69, 9.17) is 0 Å². The molecule has 0 spiro atoms. The van der Waals surface area contributed by atoms with E-state index in [1.54, 1.807) is 0 Å². The molecule has 1 amide bonds. The third-order valence-corrected chi connectivity index (χ3v) is 4.85. The van der Waals surface area contributed by atoms with Gasteiger partial charge in [-0.2, -0.15) is 0 Å². The van der Waals surface area contributed by atoms with Gasteiger partial charge in [-0.05, 0) is 53.8 Å². The molecule has 3 aromatic rings. The number of rotatable bonds is 7. The van der Waals surface area contributed by atoms with Crippen molar-refractivity contribution in [3.8, 4) is 0 Å². The molecule has 0 aliphatic heterocycles. The summed E-state index contributed by atoms with van der Waals surface area (Å²) in [6, 6.07) is 24.4. The molecule has 27 heavy (non-hydrogen) atoms. The first-order chi connectivity index (χ1) is 13.1. The molecule has 0 aliphatic carbocycles. The summed E-state index contributed by atoms with van der Waals surface area (Å²) < 4.78 is 0. The van der Waals surface area contributed by atoms with Gasteiger partial charge in [0.05, 0.1) is 6.42 Å². The summed E-state index contributed by atoms with van der Waals surface area (Å²) in [7, 11) is 0. The number of anilines is 1. The molecule has 0 bridgehead atoms. The molecule has 0 saturated heterocycles. The third-order valence-electron chi connectivity index (χ3n) is 4.85. The highest BCUT2D eigenvalue weighted by molar-refractivity contribution is 5.78. The van der Waals surface area contributed by atoms with Gasteiger partial charge < -0.3 is 10.6 Å². The van der Waals surface area contributed by atoms with E-state index in [9.17, 15) is 4.79 Å². The Hall–Kier alpha value is -3.07. The summed E-state index contributed by atoms with van der Waals surface area (Å²) >= 11 is 0. The maximum atomic E-state index is 12.1. The summed E-state index contributed by atoms with van der Waals surface area (Å²) in [6.45, 7) is 5.65. The number of carbonyl (C=O) groups excluding carboxylic acids is 1. The quantitative estimate of drug-likeness (QED) is 0.638. The zero-order valence-electron chi connectivity index (χ0n) is 16.0. The van der Waals surface area contributed by atoms with Crippen LogP contribution in [0.1, 0.15) is 27.8 Å². The molecule has 0 fully saturated rings. The Kier molecular flexibility index (Phi) is 6.26. The van der Waals surface area contributed by atoms with Gasteiger partial charge in [0.15, 0.2) is 0 Å². The number of nitrogens with one attached hydrogen (secondary N) is 2. The Bertz CT molecular complexity index is 886. The largest absolute Gasteiger partial charge is 0.381 e. The van der Waals surface area contributed by atoms with Crippen molar-refractivity contribution in [2.24, 2.45) is 0 Å². The van der Waals surface area contributed by atoms with E-state index < -0.39 is 0 Å². The van der Waals surface area contributed by atoms with E-state index in [-0.39, 0.29) is 5.91 Å². The van der Waals surface area contributed by atoms with Crippen LogP contribution in [0.3, 0.4) is 0 Å². The van der Waals surface area contributed by atoms with Crippen LogP contribution in [0.5, 0.6) is 0 Å². The molecule has 3 rings (SSSR count). The topological polar surface area (TPSA) is 41.1 Å². The summed E-state index contributed by atoms with van der Waals surface area (Å²) in [4.78, 5) is 12.1. The Morgan fingerprint density at radius 3 is 2.26 bits per heavy atom. The van der Waals surface area contributed by atoms with Crippen LogP contribution < -0.4 is 10.6 Å². The van der Waals surface area contributed by atoms with Gasteiger partial charge in [-0.3, -0.25) is 4.79 Å². The summed E-state index contributed by atoms with van der Waals surface area (Å²) in [5.74, 6) is 0.0370. The van der Waals surface area contributed by atoms with Gasteiger partial charge in [-0.1, -0.05) is 60.7 Å². The molecular weight excluding hydrogens is 332 g/mol. The van der Waals surface area contributed by atoms with Crippen molar-refractivity contribution in [1.82, 2.24) is 5.32 Å². The fourth-order valence-electron chi connectivity index (χ4n) is 2.99. The first kappa shape index (κ1) is 18.7. The Morgan fingerprint density at radius 1 is 0.778 bits per heavy atom. The number of amides is 1. The Morgan fingerprint density at radius 2 is 1.52 bits per heavy atom. The molecule has 0 aliphatic rings. The minimum atomic E-state index is 0.0370. The average molecular weight is 358 g/mol. The molecule has 0 saturated carbocycles. The van der Waals surface area contributed by atoms with E-state index in [0.29, 0.717) is 13.0 Å². The van der Waals surface area contributed by atoms with Crippen LogP contribution in [0.2, 0.25) is 0 Å². The molecule has 2 N–H and O–H groups in total. The lowest BCUT2D eigenvalue weighted by Gasteiger charge is -2.11. The molecular formula is C24H26N2O. The van der Waals surface area contributed by atoms with Gasteiger partial charge in [0.1, 0.15) is 0 Å². The van der Waals surface area contributed by atoms with E-state index in [0.717, 1.165) is 23.4 Å². The molecule has 0 heterocycles. The highest BCUT2D eigenvalue weighted by atomic mass is 16.1. The molecule has 0 unspecified atom stereocenters. The maximum absolute atomic E-state index is 12.1. The standard InChI is InChI=1S/C24H26N2O/c1-18-7-6-10-22(19(18)2)17-25-23-13-11-20(12-14-23)15-24(27)26-16-21-8-4-3-5-9-21/h3-14,25H,15-17H2,1-2H3,(H,26,27). The van der Waals surface area contributed by atoms with Gasteiger partial charge in [0.2, 0.25) is 5.91 Å². The minimum Gasteiger partial charge on any atom is -0.381 e. The predicted molar refractivity (Wildman–Crippen MR) is 112 cm³/mol. The van der Waals surface area contributed by atoms with Crippen LogP contribution in [0.25, 0.3) is 0 Å².